The van der Waals surface area contributed by atoms with Gasteiger partial charge in [-0.25, -0.2) is 4.98 Å². The van der Waals surface area contributed by atoms with Crippen molar-refractivity contribution >= 4 is 28.3 Å². The molecule has 0 radical (unpaired) electrons. The highest BCUT2D eigenvalue weighted by molar-refractivity contribution is 7.13. The summed E-state index contributed by atoms with van der Waals surface area (Å²) in [6.45, 7) is 3.93. The maximum Gasteiger partial charge on any atom is 0.305 e. The fourth-order valence-electron chi connectivity index (χ4n) is 1.55. The van der Waals surface area contributed by atoms with Crippen molar-refractivity contribution in [2.24, 2.45) is 0 Å². The molecule has 0 saturated carbocycles. The number of amides is 1. The molecule has 1 heterocycles. The molecule has 0 atom stereocenters. The molecular weight excluding hydrogens is 254 g/mol. The van der Waals surface area contributed by atoms with E-state index in [9.17, 15) is 9.59 Å². The van der Waals surface area contributed by atoms with Crippen LogP contribution >= 0.6 is 11.3 Å². The molecule has 0 saturated heterocycles. The summed E-state index contributed by atoms with van der Waals surface area (Å²) in [5.74, 6) is -1.04. The number of aromatic nitrogens is 1. The highest BCUT2D eigenvalue weighted by atomic mass is 32.1. The number of hydrogen-bond donors (Lipinski definition) is 2. The Morgan fingerprint density at radius 3 is 2.67 bits per heavy atom. The van der Waals surface area contributed by atoms with Crippen molar-refractivity contribution in [2.45, 2.75) is 32.7 Å². The van der Waals surface area contributed by atoms with E-state index in [1.165, 1.54) is 11.3 Å². The van der Waals surface area contributed by atoms with E-state index < -0.39 is 5.97 Å². The number of anilines is 1. The van der Waals surface area contributed by atoms with Gasteiger partial charge in [0, 0.05) is 18.0 Å². The van der Waals surface area contributed by atoms with Gasteiger partial charge in [-0.2, -0.15) is 0 Å². The molecule has 1 amide bonds. The fraction of sp³-hybridized carbons (Fsp3) is 0.545. The predicted octanol–water partition coefficient (Wildman–Crippen LogP) is 0.979. The number of aliphatic carboxylic acids is 1. The summed E-state index contributed by atoms with van der Waals surface area (Å²) in [4.78, 5) is 28.1. The zero-order valence-corrected chi connectivity index (χ0v) is 11.2. The van der Waals surface area contributed by atoms with E-state index in [1.54, 1.807) is 10.3 Å². The van der Waals surface area contributed by atoms with Crippen molar-refractivity contribution < 1.29 is 14.7 Å². The first-order valence-corrected chi connectivity index (χ1v) is 6.49. The van der Waals surface area contributed by atoms with Gasteiger partial charge in [-0.1, -0.05) is 0 Å². The number of nitrogens with two attached hydrogens (primary N) is 1. The largest absolute Gasteiger partial charge is 0.481 e. The van der Waals surface area contributed by atoms with Gasteiger partial charge in [-0.3, -0.25) is 9.59 Å². The second kappa shape index (κ2) is 6.34. The Bertz CT molecular complexity index is 431. The van der Waals surface area contributed by atoms with Crippen molar-refractivity contribution in [2.75, 3.05) is 12.3 Å². The Balaban J connectivity index is 2.62. The summed E-state index contributed by atoms with van der Waals surface area (Å²) in [7, 11) is 0. The molecule has 0 aromatic carbocycles. The molecule has 0 aliphatic carbocycles. The van der Waals surface area contributed by atoms with Gasteiger partial charge in [0.25, 0.3) is 0 Å². The van der Waals surface area contributed by atoms with Crippen LogP contribution in [0.25, 0.3) is 0 Å². The molecular formula is C11H17N3O3S. The topological polar surface area (TPSA) is 96.5 Å². The number of carbonyl (C=O) groups is 2. The highest BCUT2D eigenvalue weighted by Gasteiger charge is 2.19. The number of thiazole rings is 1. The first-order chi connectivity index (χ1) is 8.40. The number of nitrogens with zero attached hydrogens (tertiary/aromatic N) is 2. The molecule has 0 aliphatic heterocycles. The second-order valence-electron chi connectivity index (χ2n) is 4.18. The molecule has 0 fully saturated rings. The molecule has 18 heavy (non-hydrogen) atoms. The lowest BCUT2D eigenvalue weighted by Gasteiger charge is -2.25. The lowest BCUT2D eigenvalue weighted by atomic mass is 10.2. The third-order valence-corrected chi connectivity index (χ3v) is 3.13. The summed E-state index contributed by atoms with van der Waals surface area (Å²) in [5, 5.41) is 10.8. The Hall–Kier alpha value is -1.63. The van der Waals surface area contributed by atoms with Crippen LogP contribution in [0.5, 0.6) is 0 Å². The molecule has 0 unspecified atom stereocenters. The summed E-state index contributed by atoms with van der Waals surface area (Å²) < 4.78 is 0. The lowest BCUT2D eigenvalue weighted by Crippen LogP contribution is -2.39. The molecule has 3 N–H and O–H groups in total. The Morgan fingerprint density at radius 1 is 1.56 bits per heavy atom. The maximum atomic E-state index is 12.0. The zero-order valence-electron chi connectivity index (χ0n) is 10.4. The van der Waals surface area contributed by atoms with Crippen molar-refractivity contribution in [3.05, 3.63) is 11.1 Å². The standard InChI is InChI=1S/C11H17N3O3S/c1-7(2)14(4-3-10(16)17)9(15)5-8-6-18-11(12)13-8/h6-7H,3-5H2,1-2H3,(H2,12,13)(H,16,17). The molecule has 1 aromatic heterocycles. The molecule has 1 aromatic rings. The highest BCUT2D eigenvalue weighted by Crippen LogP contribution is 2.13. The monoisotopic (exact) mass is 271 g/mol. The van der Waals surface area contributed by atoms with Gasteiger partial charge in [0.1, 0.15) is 0 Å². The number of carboxylic acid groups (broad SMARTS) is 1. The van der Waals surface area contributed by atoms with Crippen LogP contribution in [0.4, 0.5) is 5.13 Å². The smallest absolute Gasteiger partial charge is 0.305 e. The average Bonchev–Trinajstić information content (AvgIpc) is 2.63. The minimum atomic E-state index is -0.911. The minimum Gasteiger partial charge on any atom is -0.481 e. The molecule has 0 bridgehead atoms. The van der Waals surface area contributed by atoms with Crippen LogP contribution in [0.2, 0.25) is 0 Å². The van der Waals surface area contributed by atoms with Crippen LogP contribution in [0.1, 0.15) is 26.0 Å². The molecule has 0 aliphatic rings. The van der Waals surface area contributed by atoms with Gasteiger partial charge in [0.2, 0.25) is 5.91 Å². The average molecular weight is 271 g/mol. The maximum absolute atomic E-state index is 12.0. The number of carboxylic acids is 1. The van der Waals surface area contributed by atoms with Crippen molar-refractivity contribution in [3.63, 3.8) is 0 Å². The SMILES string of the molecule is CC(C)N(CCC(=O)O)C(=O)Cc1csc(N)n1. The van der Waals surface area contributed by atoms with Gasteiger partial charge in [-0.15, -0.1) is 11.3 Å². The van der Waals surface area contributed by atoms with Gasteiger partial charge in [0.15, 0.2) is 5.13 Å². The van der Waals surface area contributed by atoms with Crippen LogP contribution in [0.15, 0.2) is 5.38 Å². The van der Waals surface area contributed by atoms with Gasteiger partial charge in [-0.05, 0) is 13.8 Å². The first-order valence-electron chi connectivity index (χ1n) is 5.61. The quantitative estimate of drug-likeness (QED) is 0.804. The van der Waals surface area contributed by atoms with E-state index in [0.29, 0.717) is 10.8 Å². The summed E-state index contributed by atoms with van der Waals surface area (Å²) in [5.41, 5.74) is 6.12. The second-order valence-corrected chi connectivity index (χ2v) is 5.07. The zero-order chi connectivity index (χ0) is 13.7. The van der Waals surface area contributed by atoms with Crippen LogP contribution in [-0.2, 0) is 16.0 Å². The predicted molar refractivity (Wildman–Crippen MR) is 69.3 cm³/mol. The fourth-order valence-corrected chi connectivity index (χ4v) is 2.11. The third kappa shape index (κ3) is 4.33. The first kappa shape index (κ1) is 14.4. The van der Waals surface area contributed by atoms with E-state index in [1.807, 2.05) is 13.8 Å². The molecule has 6 nitrogen and oxygen atoms in total. The number of nitrogen functional groups attached to an aromatic ring is 1. The Labute approximate surface area is 109 Å². The van der Waals surface area contributed by atoms with Gasteiger partial charge < -0.3 is 15.7 Å². The minimum absolute atomic E-state index is 0.0344. The number of hydrogen-bond acceptors (Lipinski definition) is 5. The molecule has 0 spiro atoms. The van der Waals surface area contributed by atoms with E-state index >= 15 is 0 Å². The van der Waals surface area contributed by atoms with Crippen LogP contribution in [0.3, 0.4) is 0 Å². The normalized spacial score (nSPS) is 10.6. The van der Waals surface area contributed by atoms with Crippen molar-refractivity contribution in [1.29, 1.82) is 0 Å². The van der Waals surface area contributed by atoms with E-state index in [4.69, 9.17) is 10.8 Å². The van der Waals surface area contributed by atoms with Crippen LogP contribution in [-0.4, -0.2) is 39.5 Å². The summed E-state index contributed by atoms with van der Waals surface area (Å²) in [6.07, 6.45) is 0.106. The summed E-state index contributed by atoms with van der Waals surface area (Å²) >= 11 is 1.29. The molecule has 100 valence electrons. The molecule has 7 heteroatoms. The van der Waals surface area contributed by atoms with Gasteiger partial charge >= 0.3 is 5.97 Å². The summed E-state index contributed by atoms with van der Waals surface area (Å²) in [6, 6.07) is -0.0344. The van der Waals surface area contributed by atoms with Gasteiger partial charge in [0.05, 0.1) is 18.5 Å². The van der Waals surface area contributed by atoms with E-state index in [0.717, 1.165) is 0 Å². The van der Waals surface area contributed by atoms with E-state index in [2.05, 4.69) is 4.98 Å². The third-order valence-electron chi connectivity index (χ3n) is 2.41. The Morgan fingerprint density at radius 2 is 2.22 bits per heavy atom. The van der Waals surface area contributed by atoms with E-state index in [-0.39, 0.29) is 31.3 Å². The van der Waals surface area contributed by atoms with Crippen molar-refractivity contribution in [1.82, 2.24) is 9.88 Å². The number of carbonyl (C=O) groups excluding carboxylic acids is 1. The van der Waals surface area contributed by atoms with Crippen LogP contribution in [0, 0.1) is 0 Å². The lowest BCUT2D eigenvalue weighted by molar-refractivity contribution is -0.139. The Kier molecular flexibility index (Phi) is 5.08. The van der Waals surface area contributed by atoms with Crippen molar-refractivity contribution in [3.8, 4) is 0 Å². The van der Waals surface area contributed by atoms with Crippen LogP contribution < -0.4 is 5.73 Å². The molecule has 1 rings (SSSR count). The number of rotatable bonds is 6.